The van der Waals surface area contributed by atoms with E-state index in [1.165, 1.54) is 32.2 Å². The zero-order valence-corrected chi connectivity index (χ0v) is 8.59. The Labute approximate surface area is 81.0 Å². The third-order valence-electron chi connectivity index (χ3n) is 3.41. The molecule has 3 atom stereocenters. The molecular weight excluding hydrogens is 162 g/mol. The topological polar surface area (TPSA) is 21.3 Å². The van der Waals surface area contributed by atoms with Gasteiger partial charge in [0, 0.05) is 19.2 Å². The molecule has 0 radical (unpaired) electrons. The number of ether oxygens (including phenoxy) is 1. The molecule has 1 aliphatic heterocycles. The molecule has 1 N–H and O–H groups in total. The molecule has 2 rings (SSSR count). The van der Waals surface area contributed by atoms with Crippen molar-refractivity contribution in [1.82, 2.24) is 5.32 Å². The smallest absolute Gasteiger partial charge is 0.0507 e. The molecule has 1 aliphatic carbocycles. The van der Waals surface area contributed by atoms with E-state index in [2.05, 4.69) is 12.2 Å². The second-order valence-corrected chi connectivity index (χ2v) is 4.75. The summed E-state index contributed by atoms with van der Waals surface area (Å²) in [6.45, 7) is 5.50. The van der Waals surface area contributed by atoms with E-state index in [9.17, 15) is 0 Å². The molecule has 2 heteroatoms. The molecule has 0 aromatic heterocycles. The third-order valence-corrected chi connectivity index (χ3v) is 3.41. The lowest BCUT2D eigenvalue weighted by Gasteiger charge is -2.15. The zero-order chi connectivity index (χ0) is 9.10. The molecule has 1 heterocycles. The van der Waals surface area contributed by atoms with Crippen molar-refractivity contribution in [3.05, 3.63) is 0 Å². The summed E-state index contributed by atoms with van der Waals surface area (Å²) in [7, 11) is 0. The van der Waals surface area contributed by atoms with Crippen LogP contribution in [0.25, 0.3) is 0 Å². The summed E-state index contributed by atoms with van der Waals surface area (Å²) in [6, 6.07) is 0.801. The van der Waals surface area contributed by atoms with Crippen molar-refractivity contribution < 1.29 is 4.74 Å². The lowest BCUT2D eigenvalue weighted by molar-refractivity contribution is 0.184. The van der Waals surface area contributed by atoms with Crippen LogP contribution >= 0.6 is 0 Å². The Balaban J connectivity index is 1.62. The van der Waals surface area contributed by atoms with Crippen molar-refractivity contribution in [3.63, 3.8) is 0 Å². The van der Waals surface area contributed by atoms with Gasteiger partial charge in [-0.25, -0.2) is 0 Å². The van der Waals surface area contributed by atoms with E-state index in [4.69, 9.17) is 4.74 Å². The molecule has 1 saturated carbocycles. The van der Waals surface area contributed by atoms with Gasteiger partial charge in [-0.3, -0.25) is 0 Å². The van der Waals surface area contributed by atoms with Crippen molar-refractivity contribution in [2.75, 3.05) is 19.8 Å². The van der Waals surface area contributed by atoms with E-state index >= 15 is 0 Å². The molecule has 2 aliphatic rings. The SMILES string of the molecule is CC1CCC(NCC2CCOC2)C1. The van der Waals surface area contributed by atoms with Gasteiger partial charge in [-0.2, -0.15) is 0 Å². The molecule has 76 valence electrons. The molecule has 3 unspecified atom stereocenters. The number of hydrogen-bond donors (Lipinski definition) is 1. The van der Waals surface area contributed by atoms with Gasteiger partial charge in [-0.15, -0.1) is 0 Å². The van der Waals surface area contributed by atoms with Crippen molar-refractivity contribution in [2.24, 2.45) is 11.8 Å². The van der Waals surface area contributed by atoms with Gasteiger partial charge >= 0.3 is 0 Å². The number of rotatable bonds is 3. The van der Waals surface area contributed by atoms with Gasteiger partial charge in [-0.1, -0.05) is 6.92 Å². The highest BCUT2D eigenvalue weighted by molar-refractivity contribution is 4.79. The molecule has 2 nitrogen and oxygen atoms in total. The Hall–Kier alpha value is -0.0800. The van der Waals surface area contributed by atoms with Crippen LogP contribution in [0.4, 0.5) is 0 Å². The van der Waals surface area contributed by atoms with Gasteiger partial charge in [0.05, 0.1) is 6.61 Å². The summed E-state index contributed by atoms with van der Waals surface area (Å²) in [6.07, 6.45) is 5.44. The second kappa shape index (κ2) is 4.43. The molecule has 0 aromatic carbocycles. The van der Waals surface area contributed by atoms with E-state index < -0.39 is 0 Å². The second-order valence-electron chi connectivity index (χ2n) is 4.75. The first kappa shape index (κ1) is 9.47. The zero-order valence-electron chi connectivity index (χ0n) is 8.59. The Morgan fingerprint density at radius 1 is 1.31 bits per heavy atom. The fraction of sp³-hybridized carbons (Fsp3) is 1.00. The van der Waals surface area contributed by atoms with Crippen molar-refractivity contribution in [1.29, 1.82) is 0 Å². The summed E-state index contributed by atoms with van der Waals surface area (Å²) < 4.78 is 5.35. The molecule has 2 fully saturated rings. The van der Waals surface area contributed by atoms with Crippen LogP contribution < -0.4 is 5.32 Å². The summed E-state index contributed by atoms with van der Waals surface area (Å²) in [4.78, 5) is 0. The Morgan fingerprint density at radius 3 is 2.85 bits per heavy atom. The molecular formula is C11H21NO. The van der Waals surface area contributed by atoms with Gasteiger partial charge in [0.25, 0.3) is 0 Å². The average molecular weight is 183 g/mol. The predicted molar refractivity (Wildman–Crippen MR) is 53.7 cm³/mol. The summed E-state index contributed by atoms with van der Waals surface area (Å²) in [5, 5.41) is 3.67. The van der Waals surface area contributed by atoms with Crippen molar-refractivity contribution >= 4 is 0 Å². The van der Waals surface area contributed by atoms with E-state index in [0.29, 0.717) is 0 Å². The highest BCUT2D eigenvalue weighted by Gasteiger charge is 2.22. The minimum absolute atomic E-state index is 0.788. The van der Waals surface area contributed by atoms with E-state index in [1.807, 2.05) is 0 Å². The molecule has 0 aromatic rings. The lowest BCUT2D eigenvalue weighted by Crippen LogP contribution is -2.31. The van der Waals surface area contributed by atoms with Crippen LogP contribution in [-0.4, -0.2) is 25.8 Å². The van der Waals surface area contributed by atoms with Crippen LogP contribution in [0.5, 0.6) is 0 Å². The van der Waals surface area contributed by atoms with Crippen LogP contribution in [0.1, 0.15) is 32.6 Å². The average Bonchev–Trinajstić information content (AvgIpc) is 2.71. The maximum absolute atomic E-state index is 5.35. The first-order chi connectivity index (χ1) is 6.34. The molecule has 13 heavy (non-hydrogen) atoms. The Morgan fingerprint density at radius 2 is 2.23 bits per heavy atom. The quantitative estimate of drug-likeness (QED) is 0.720. The fourth-order valence-electron chi connectivity index (χ4n) is 2.47. The summed E-state index contributed by atoms with van der Waals surface area (Å²) >= 11 is 0. The van der Waals surface area contributed by atoms with Gasteiger partial charge in [0.2, 0.25) is 0 Å². The van der Waals surface area contributed by atoms with Gasteiger partial charge < -0.3 is 10.1 Å². The maximum atomic E-state index is 5.35. The minimum Gasteiger partial charge on any atom is -0.381 e. The van der Waals surface area contributed by atoms with Crippen LogP contribution in [0.3, 0.4) is 0 Å². The molecule has 0 spiro atoms. The minimum atomic E-state index is 0.788. The van der Waals surface area contributed by atoms with Crippen molar-refractivity contribution in [3.8, 4) is 0 Å². The molecule has 0 amide bonds. The van der Waals surface area contributed by atoms with Gasteiger partial charge in [0.15, 0.2) is 0 Å². The normalized spacial score (nSPS) is 39.9. The van der Waals surface area contributed by atoms with E-state index in [-0.39, 0.29) is 0 Å². The summed E-state index contributed by atoms with van der Waals surface area (Å²) in [5.74, 6) is 1.73. The van der Waals surface area contributed by atoms with Crippen LogP contribution in [0.15, 0.2) is 0 Å². The van der Waals surface area contributed by atoms with Crippen molar-refractivity contribution in [2.45, 2.75) is 38.6 Å². The molecule has 0 bridgehead atoms. The Bertz CT molecular complexity index is 154. The largest absolute Gasteiger partial charge is 0.381 e. The van der Waals surface area contributed by atoms with Crippen LogP contribution in [0, 0.1) is 11.8 Å². The number of hydrogen-bond acceptors (Lipinski definition) is 2. The van der Waals surface area contributed by atoms with E-state index in [0.717, 1.165) is 31.1 Å². The van der Waals surface area contributed by atoms with Crippen LogP contribution in [-0.2, 0) is 4.74 Å². The first-order valence-electron chi connectivity index (χ1n) is 5.65. The highest BCUT2D eigenvalue weighted by Crippen LogP contribution is 2.25. The third kappa shape index (κ3) is 2.68. The highest BCUT2D eigenvalue weighted by atomic mass is 16.5. The molecule has 1 saturated heterocycles. The Kier molecular flexibility index (Phi) is 3.23. The van der Waals surface area contributed by atoms with E-state index in [1.54, 1.807) is 0 Å². The number of nitrogens with one attached hydrogen (secondary N) is 1. The first-order valence-corrected chi connectivity index (χ1v) is 5.65. The lowest BCUT2D eigenvalue weighted by atomic mass is 10.1. The van der Waals surface area contributed by atoms with Gasteiger partial charge in [0.1, 0.15) is 0 Å². The standard InChI is InChI=1S/C11H21NO/c1-9-2-3-11(6-9)12-7-10-4-5-13-8-10/h9-12H,2-8H2,1H3. The monoisotopic (exact) mass is 183 g/mol. The maximum Gasteiger partial charge on any atom is 0.0507 e. The summed E-state index contributed by atoms with van der Waals surface area (Å²) in [5.41, 5.74) is 0. The predicted octanol–water partition coefficient (Wildman–Crippen LogP) is 1.80. The van der Waals surface area contributed by atoms with Gasteiger partial charge in [-0.05, 0) is 37.5 Å². The fourth-order valence-corrected chi connectivity index (χ4v) is 2.47. The van der Waals surface area contributed by atoms with Crippen LogP contribution in [0.2, 0.25) is 0 Å².